The molecule has 8 nitrogen and oxygen atoms in total. The molecule has 2 aromatic heterocycles. The molecule has 30 heavy (non-hydrogen) atoms. The molecule has 2 saturated heterocycles. The van der Waals surface area contributed by atoms with Crippen LogP contribution in [0.15, 0.2) is 6.20 Å². The van der Waals surface area contributed by atoms with Crippen LogP contribution in [0.25, 0.3) is 0 Å². The second-order valence-corrected chi connectivity index (χ2v) is 11.4. The number of nitrogens with zero attached hydrogens (tertiary/aromatic N) is 5. The zero-order valence-electron chi connectivity index (χ0n) is 16.7. The third-order valence-electron chi connectivity index (χ3n) is 6.93. The molecule has 0 aromatic carbocycles. The van der Waals surface area contributed by atoms with Gasteiger partial charge in [-0.25, -0.2) is 4.98 Å². The zero-order valence-corrected chi connectivity index (χ0v) is 19.1. The van der Waals surface area contributed by atoms with E-state index in [1.165, 1.54) is 29.1 Å². The molecule has 1 N–H and O–H groups in total. The summed E-state index contributed by atoms with van der Waals surface area (Å²) in [5.74, 6) is 0.224. The lowest BCUT2D eigenvalue weighted by molar-refractivity contribution is -0.131. The Morgan fingerprint density at radius 3 is 2.13 bits per heavy atom. The van der Waals surface area contributed by atoms with Crippen molar-refractivity contribution in [2.75, 3.05) is 38.5 Å². The number of hydrogen-bond acceptors (Lipinski definition) is 8. The number of halogens is 1. The van der Waals surface area contributed by atoms with Gasteiger partial charge in [0.25, 0.3) is 0 Å². The van der Waals surface area contributed by atoms with Gasteiger partial charge in [0, 0.05) is 44.1 Å². The number of carbonyl (C=O) groups excluding carboxylic acids is 2. The van der Waals surface area contributed by atoms with E-state index in [1.807, 2.05) is 9.80 Å². The van der Waals surface area contributed by atoms with Crippen molar-refractivity contribution in [3.63, 3.8) is 0 Å². The van der Waals surface area contributed by atoms with Gasteiger partial charge in [0.05, 0.1) is 19.0 Å². The Balaban J connectivity index is 1.26. The van der Waals surface area contributed by atoms with Gasteiger partial charge in [-0.05, 0) is 12.8 Å². The molecule has 2 atom stereocenters. The van der Waals surface area contributed by atoms with Crippen molar-refractivity contribution in [3.8, 4) is 0 Å². The van der Waals surface area contributed by atoms with E-state index in [1.54, 1.807) is 13.2 Å². The highest BCUT2D eigenvalue weighted by molar-refractivity contribution is 7.16. The van der Waals surface area contributed by atoms with Gasteiger partial charge < -0.3 is 15.1 Å². The first kappa shape index (κ1) is 20.1. The number of amides is 2. The van der Waals surface area contributed by atoms with Gasteiger partial charge in [-0.15, -0.1) is 21.5 Å². The number of anilines is 1. The maximum atomic E-state index is 13.0. The Labute approximate surface area is 187 Å². The van der Waals surface area contributed by atoms with E-state index in [4.69, 9.17) is 11.6 Å². The summed E-state index contributed by atoms with van der Waals surface area (Å²) in [4.78, 5) is 34.1. The van der Waals surface area contributed by atoms with Crippen LogP contribution < -0.4 is 5.32 Å². The Morgan fingerprint density at radius 1 is 1.03 bits per heavy atom. The van der Waals surface area contributed by atoms with Crippen molar-refractivity contribution < 1.29 is 9.59 Å². The molecule has 5 rings (SSSR count). The summed E-state index contributed by atoms with van der Waals surface area (Å²) in [6.07, 6.45) is 5.52. The van der Waals surface area contributed by atoms with E-state index >= 15 is 0 Å². The van der Waals surface area contributed by atoms with Crippen LogP contribution in [0.5, 0.6) is 0 Å². The molecular weight excluding hydrogens is 444 g/mol. The molecule has 2 aliphatic heterocycles. The largest absolute Gasteiger partial charge is 0.363 e. The van der Waals surface area contributed by atoms with E-state index < -0.39 is 0 Å². The number of hydrogen-bond donors (Lipinski definition) is 1. The predicted molar refractivity (Wildman–Crippen MR) is 116 cm³/mol. The predicted octanol–water partition coefficient (Wildman–Crippen LogP) is 2.32. The van der Waals surface area contributed by atoms with E-state index in [0.29, 0.717) is 17.2 Å². The SMILES string of the molecule is CNc1nnc(CC(=O)N2CC34CCCC3(CN(C(=O)Cc3ncc(Cl)s3)C4)C2)s1. The van der Waals surface area contributed by atoms with Crippen LogP contribution in [0.4, 0.5) is 5.13 Å². The maximum Gasteiger partial charge on any atom is 0.229 e. The van der Waals surface area contributed by atoms with Gasteiger partial charge in [0.15, 0.2) is 0 Å². The van der Waals surface area contributed by atoms with Crippen molar-refractivity contribution in [1.29, 1.82) is 0 Å². The van der Waals surface area contributed by atoms with Crippen LogP contribution in [0.2, 0.25) is 4.34 Å². The lowest BCUT2D eigenvalue weighted by Gasteiger charge is -2.29. The number of thiazole rings is 1. The third-order valence-corrected chi connectivity index (χ3v) is 8.98. The highest BCUT2D eigenvalue weighted by Crippen LogP contribution is 2.62. The van der Waals surface area contributed by atoms with Crippen LogP contribution in [-0.4, -0.2) is 70.0 Å². The number of likely N-dealkylation sites (tertiary alicyclic amines) is 2. The summed E-state index contributed by atoms with van der Waals surface area (Å²) < 4.78 is 0.608. The van der Waals surface area contributed by atoms with Gasteiger partial charge in [-0.3, -0.25) is 9.59 Å². The highest BCUT2D eigenvalue weighted by atomic mass is 35.5. The Morgan fingerprint density at radius 2 is 1.63 bits per heavy atom. The van der Waals surface area contributed by atoms with Gasteiger partial charge in [0.1, 0.15) is 14.4 Å². The summed E-state index contributed by atoms with van der Waals surface area (Å²) in [6.45, 7) is 2.93. The maximum absolute atomic E-state index is 13.0. The molecule has 3 aliphatic rings. The minimum absolute atomic E-state index is 0.0239. The first-order chi connectivity index (χ1) is 14.4. The average molecular weight is 467 g/mol. The van der Waals surface area contributed by atoms with E-state index in [0.717, 1.165) is 54.2 Å². The number of rotatable bonds is 5. The fourth-order valence-electron chi connectivity index (χ4n) is 5.59. The third kappa shape index (κ3) is 3.29. The molecule has 3 fully saturated rings. The second-order valence-electron chi connectivity index (χ2n) is 8.58. The molecule has 0 spiro atoms. The van der Waals surface area contributed by atoms with Gasteiger partial charge in [-0.1, -0.05) is 29.4 Å². The summed E-state index contributed by atoms with van der Waals surface area (Å²) in [5.41, 5.74) is 0.0478. The van der Waals surface area contributed by atoms with Crippen molar-refractivity contribution in [3.05, 3.63) is 20.5 Å². The lowest BCUT2D eigenvalue weighted by atomic mass is 9.71. The van der Waals surface area contributed by atoms with Gasteiger partial charge >= 0.3 is 0 Å². The molecule has 0 radical (unpaired) electrons. The highest BCUT2D eigenvalue weighted by Gasteiger charge is 2.66. The van der Waals surface area contributed by atoms with Crippen LogP contribution >= 0.6 is 34.3 Å². The first-order valence-corrected chi connectivity index (χ1v) is 12.1. The number of nitrogens with one attached hydrogen (secondary N) is 1. The molecule has 4 heterocycles. The fraction of sp³-hybridized carbons (Fsp3) is 0.632. The van der Waals surface area contributed by atoms with Crippen LogP contribution in [-0.2, 0) is 22.4 Å². The minimum atomic E-state index is 0.0239. The number of carbonyl (C=O) groups is 2. The van der Waals surface area contributed by atoms with Crippen LogP contribution in [0.3, 0.4) is 0 Å². The average Bonchev–Trinajstić information content (AvgIpc) is 3.45. The topological polar surface area (TPSA) is 91.3 Å². The second kappa shape index (κ2) is 7.42. The standard InChI is InChI=1S/C19H23ClN6O2S2/c1-21-17-24-23-14(30-17)6-16(28)26-10-18-3-2-4-19(18,11-26)9-25(8-18)15(27)5-13-22-7-12(20)29-13/h7H,2-6,8-11H2,1H3,(H,21,24). The lowest BCUT2D eigenvalue weighted by Crippen LogP contribution is -2.40. The molecule has 2 unspecified atom stereocenters. The van der Waals surface area contributed by atoms with E-state index in [2.05, 4.69) is 20.5 Å². The summed E-state index contributed by atoms with van der Waals surface area (Å²) in [6, 6.07) is 0. The van der Waals surface area contributed by atoms with E-state index in [9.17, 15) is 9.59 Å². The fourth-order valence-corrected chi connectivity index (χ4v) is 7.22. The molecule has 11 heteroatoms. The van der Waals surface area contributed by atoms with E-state index in [-0.39, 0.29) is 22.6 Å². The summed E-state index contributed by atoms with van der Waals surface area (Å²) >= 11 is 8.73. The quantitative estimate of drug-likeness (QED) is 0.727. The molecule has 2 amide bonds. The van der Waals surface area contributed by atoms with Crippen molar-refractivity contribution in [2.24, 2.45) is 10.8 Å². The molecule has 0 bridgehead atoms. The normalized spacial score (nSPS) is 27.4. The minimum Gasteiger partial charge on any atom is -0.363 e. The smallest absolute Gasteiger partial charge is 0.229 e. The monoisotopic (exact) mass is 466 g/mol. The summed E-state index contributed by atoms with van der Waals surface area (Å²) in [5, 5.41) is 13.3. The molecule has 2 aromatic rings. The van der Waals surface area contributed by atoms with Crippen LogP contribution in [0, 0.1) is 10.8 Å². The first-order valence-electron chi connectivity index (χ1n) is 10.1. The van der Waals surface area contributed by atoms with Crippen molar-refractivity contribution in [1.82, 2.24) is 25.0 Å². The molecule has 1 aliphatic carbocycles. The number of aromatic nitrogens is 3. The Kier molecular flexibility index (Phi) is 4.98. The zero-order chi connectivity index (χ0) is 20.9. The Bertz CT molecular complexity index is 973. The van der Waals surface area contributed by atoms with Gasteiger partial charge in [0.2, 0.25) is 16.9 Å². The van der Waals surface area contributed by atoms with Crippen molar-refractivity contribution >= 4 is 51.2 Å². The molecule has 160 valence electrons. The van der Waals surface area contributed by atoms with Gasteiger partial charge in [-0.2, -0.15) is 0 Å². The van der Waals surface area contributed by atoms with Crippen molar-refractivity contribution in [2.45, 2.75) is 32.1 Å². The Hall–Kier alpha value is -1.78. The van der Waals surface area contributed by atoms with Crippen LogP contribution in [0.1, 0.15) is 29.3 Å². The molecule has 1 saturated carbocycles. The molecular formula is C19H23ClN6O2S2. The summed E-state index contributed by atoms with van der Waals surface area (Å²) in [7, 11) is 1.80.